The Hall–Kier alpha value is -1.05. The second kappa shape index (κ2) is 5.98. The van der Waals surface area contributed by atoms with Crippen LogP contribution in [0.3, 0.4) is 0 Å². The van der Waals surface area contributed by atoms with Crippen LogP contribution in [0, 0.1) is 6.92 Å². The van der Waals surface area contributed by atoms with Crippen LogP contribution in [-0.4, -0.2) is 81.5 Å². The van der Waals surface area contributed by atoms with Gasteiger partial charge >= 0.3 is 0 Å². The second-order valence-electron chi connectivity index (χ2n) is 6.22. The Morgan fingerprint density at radius 2 is 1.90 bits per heavy atom. The fourth-order valence-electron chi connectivity index (χ4n) is 3.04. The first kappa shape index (κ1) is 14.9. The lowest BCUT2D eigenvalue weighted by atomic mass is 10.1. The molecule has 2 aliphatic heterocycles. The number of amides is 1. The van der Waals surface area contributed by atoms with Gasteiger partial charge in [-0.3, -0.25) is 14.6 Å². The number of hydrogen-bond acceptors (Lipinski definition) is 6. The van der Waals surface area contributed by atoms with Gasteiger partial charge < -0.3 is 4.90 Å². The van der Waals surface area contributed by atoms with E-state index in [2.05, 4.69) is 33.2 Å². The van der Waals surface area contributed by atoms with Crippen LogP contribution >= 0.6 is 11.5 Å². The Balaban J connectivity index is 1.48. The van der Waals surface area contributed by atoms with Crippen molar-refractivity contribution in [1.82, 2.24) is 24.3 Å². The van der Waals surface area contributed by atoms with E-state index in [1.54, 1.807) is 0 Å². The van der Waals surface area contributed by atoms with E-state index >= 15 is 0 Å². The van der Waals surface area contributed by atoms with Crippen molar-refractivity contribution in [2.75, 3.05) is 39.3 Å². The Morgan fingerprint density at radius 1 is 1.24 bits per heavy atom. The summed E-state index contributed by atoms with van der Waals surface area (Å²) < 4.78 is 3.85. The summed E-state index contributed by atoms with van der Waals surface area (Å²) in [5, 5.41) is 3.92. The zero-order valence-corrected chi connectivity index (χ0v) is 13.8. The van der Waals surface area contributed by atoms with Gasteiger partial charge in [-0.1, -0.05) is 4.49 Å². The molecule has 0 saturated carbocycles. The summed E-state index contributed by atoms with van der Waals surface area (Å²) in [6, 6.07) is 1.16. The largest absolute Gasteiger partial charge is 0.335 e. The van der Waals surface area contributed by atoms with Gasteiger partial charge in [0.05, 0.1) is 5.69 Å². The molecule has 0 atom stereocenters. The first-order valence-electron chi connectivity index (χ1n) is 7.62. The van der Waals surface area contributed by atoms with E-state index in [0.717, 1.165) is 45.0 Å². The van der Waals surface area contributed by atoms with Gasteiger partial charge in [-0.15, -0.1) is 5.10 Å². The molecule has 116 valence electrons. The van der Waals surface area contributed by atoms with Crippen LogP contribution in [0.1, 0.15) is 29.2 Å². The van der Waals surface area contributed by atoms with Crippen molar-refractivity contribution in [2.45, 2.75) is 32.9 Å². The summed E-state index contributed by atoms with van der Waals surface area (Å²) in [5.41, 5.74) is 0.749. The molecular formula is C14H23N5OS. The van der Waals surface area contributed by atoms with Crippen molar-refractivity contribution >= 4 is 17.4 Å². The molecule has 0 unspecified atom stereocenters. The van der Waals surface area contributed by atoms with Gasteiger partial charge in [-0.05, 0) is 32.3 Å². The number of aryl methyl sites for hydroxylation is 1. The first-order chi connectivity index (χ1) is 10.1. The molecule has 0 spiro atoms. The Bertz CT molecular complexity index is 503. The standard InChI is InChI=1S/C14H23N5OS/c1-10(2)17-4-6-18(7-5-17)12-8-19(9-12)14(20)13-11(3)15-16-21-13/h10,12H,4-9H2,1-3H3. The molecule has 0 aliphatic carbocycles. The highest BCUT2D eigenvalue weighted by Crippen LogP contribution is 2.22. The third-order valence-corrected chi connectivity index (χ3v) is 5.41. The van der Waals surface area contributed by atoms with E-state index in [0.29, 0.717) is 17.0 Å². The molecule has 3 rings (SSSR count). The van der Waals surface area contributed by atoms with Crippen LogP contribution < -0.4 is 0 Å². The lowest BCUT2D eigenvalue weighted by molar-refractivity contribution is 0.00337. The summed E-state index contributed by atoms with van der Waals surface area (Å²) in [6.45, 7) is 12.6. The minimum Gasteiger partial charge on any atom is -0.335 e. The first-order valence-corrected chi connectivity index (χ1v) is 8.40. The number of aromatic nitrogens is 2. The molecule has 2 saturated heterocycles. The third kappa shape index (κ3) is 2.95. The van der Waals surface area contributed by atoms with E-state index in [1.165, 1.54) is 11.5 Å². The Kier molecular flexibility index (Phi) is 4.24. The van der Waals surface area contributed by atoms with E-state index < -0.39 is 0 Å². The van der Waals surface area contributed by atoms with E-state index in [1.807, 2.05) is 11.8 Å². The van der Waals surface area contributed by atoms with Crippen molar-refractivity contribution in [2.24, 2.45) is 0 Å². The van der Waals surface area contributed by atoms with Gasteiger partial charge in [-0.25, -0.2) is 0 Å². The summed E-state index contributed by atoms with van der Waals surface area (Å²) >= 11 is 1.20. The minimum atomic E-state index is 0.0968. The predicted molar refractivity (Wildman–Crippen MR) is 82.6 cm³/mol. The molecule has 1 aromatic rings. The highest BCUT2D eigenvalue weighted by molar-refractivity contribution is 7.07. The normalized spacial score (nSPS) is 21.8. The van der Waals surface area contributed by atoms with Crippen LogP contribution in [0.15, 0.2) is 0 Å². The van der Waals surface area contributed by atoms with Gasteiger partial charge in [0.25, 0.3) is 5.91 Å². The monoisotopic (exact) mass is 309 g/mol. The maximum absolute atomic E-state index is 12.3. The average Bonchev–Trinajstić information content (AvgIpc) is 2.83. The van der Waals surface area contributed by atoms with Crippen molar-refractivity contribution in [1.29, 1.82) is 0 Å². The quantitative estimate of drug-likeness (QED) is 0.822. The van der Waals surface area contributed by atoms with Crippen LogP contribution in [-0.2, 0) is 0 Å². The number of likely N-dealkylation sites (tertiary alicyclic amines) is 1. The lowest BCUT2D eigenvalue weighted by Gasteiger charge is -2.48. The van der Waals surface area contributed by atoms with Gasteiger partial charge in [-0.2, -0.15) is 0 Å². The average molecular weight is 309 g/mol. The van der Waals surface area contributed by atoms with Crippen molar-refractivity contribution in [3.63, 3.8) is 0 Å². The molecular weight excluding hydrogens is 286 g/mol. The SMILES string of the molecule is Cc1nnsc1C(=O)N1CC(N2CCN(C(C)C)CC2)C1. The molecule has 7 heteroatoms. The molecule has 0 bridgehead atoms. The van der Waals surface area contributed by atoms with E-state index in [-0.39, 0.29) is 5.91 Å². The number of nitrogens with zero attached hydrogens (tertiary/aromatic N) is 5. The van der Waals surface area contributed by atoms with Crippen LogP contribution in [0.4, 0.5) is 0 Å². The summed E-state index contributed by atoms with van der Waals surface area (Å²) in [4.78, 5) is 20.0. The number of carbonyl (C=O) groups is 1. The number of carbonyl (C=O) groups excluding carboxylic acids is 1. The lowest BCUT2D eigenvalue weighted by Crippen LogP contribution is -2.64. The highest BCUT2D eigenvalue weighted by Gasteiger charge is 2.37. The summed E-state index contributed by atoms with van der Waals surface area (Å²) in [6.07, 6.45) is 0. The zero-order valence-electron chi connectivity index (χ0n) is 12.9. The molecule has 1 amide bonds. The molecule has 1 aromatic heterocycles. The van der Waals surface area contributed by atoms with E-state index in [9.17, 15) is 4.79 Å². The van der Waals surface area contributed by atoms with Crippen molar-refractivity contribution in [3.05, 3.63) is 10.6 Å². The Morgan fingerprint density at radius 3 is 2.43 bits per heavy atom. The molecule has 3 heterocycles. The predicted octanol–water partition coefficient (Wildman–Crippen LogP) is 0.697. The molecule has 2 fully saturated rings. The van der Waals surface area contributed by atoms with Gasteiger partial charge in [0.1, 0.15) is 4.88 Å². The molecule has 2 aliphatic rings. The molecule has 0 N–H and O–H groups in total. The number of piperazine rings is 1. The fourth-order valence-corrected chi connectivity index (χ4v) is 3.67. The summed E-state index contributed by atoms with van der Waals surface area (Å²) in [7, 11) is 0. The third-order valence-electron chi connectivity index (χ3n) is 4.59. The van der Waals surface area contributed by atoms with Gasteiger partial charge in [0.2, 0.25) is 0 Å². The van der Waals surface area contributed by atoms with Gasteiger partial charge in [0, 0.05) is 51.4 Å². The molecule has 6 nitrogen and oxygen atoms in total. The Labute approximate surface area is 129 Å². The van der Waals surface area contributed by atoms with Crippen molar-refractivity contribution < 1.29 is 4.79 Å². The molecule has 0 radical (unpaired) electrons. The summed E-state index contributed by atoms with van der Waals surface area (Å²) in [5.74, 6) is 0.0968. The topological polar surface area (TPSA) is 52.6 Å². The molecule has 21 heavy (non-hydrogen) atoms. The fraction of sp³-hybridized carbons (Fsp3) is 0.786. The second-order valence-corrected chi connectivity index (χ2v) is 6.97. The maximum Gasteiger partial charge on any atom is 0.267 e. The highest BCUT2D eigenvalue weighted by atomic mass is 32.1. The zero-order chi connectivity index (χ0) is 15.0. The van der Waals surface area contributed by atoms with Crippen LogP contribution in [0.2, 0.25) is 0 Å². The van der Waals surface area contributed by atoms with Crippen molar-refractivity contribution in [3.8, 4) is 0 Å². The van der Waals surface area contributed by atoms with Gasteiger partial charge in [0.15, 0.2) is 0 Å². The minimum absolute atomic E-state index is 0.0968. The van der Waals surface area contributed by atoms with Crippen LogP contribution in [0.5, 0.6) is 0 Å². The number of rotatable bonds is 3. The van der Waals surface area contributed by atoms with E-state index in [4.69, 9.17) is 0 Å². The number of hydrogen-bond donors (Lipinski definition) is 0. The van der Waals surface area contributed by atoms with Crippen LogP contribution in [0.25, 0.3) is 0 Å². The molecule has 0 aromatic carbocycles. The maximum atomic E-state index is 12.3. The smallest absolute Gasteiger partial charge is 0.267 e.